The number of carbonyl (C=O) groups excluding carboxylic acids is 2. The molecule has 5 nitrogen and oxygen atoms in total. The third-order valence-electron chi connectivity index (χ3n) is 10.7. The van der Waals surface area contributed by atoms with Crippen LogP contribution in [0.15, 0.2) is 23.8 Å². The van der Waals surface area contributed by atoms with Gasteiger partial charge in [-0.25, -0.2) is 8.78 Å². The molecule has 8 heteroatoms. The number of carbonyl (C=O) groups is 2. The van der Waals surface area contributed by atoms with Crippen LogP contribution in [0.25, 0.3) is 0 Å². The lowest BCUT2D eigenvalue weighted by molar-refractivity contribution is -0.226. The van der Waals surface area contributed by atoms with E-state index in [1.165, 1.54) is 12.2 Å². The van der Waals surface area contributed by atoms with E-state index in [0.717, 1.165) is 12.5 Å². The van der Waals surface area contributed by atoms with Crippen molar-refractivity contribution < 1.29 is 33.3 Å². The Kier molecular flexibility index (Phi) is 5.31. The maximum atomic E-state index is 17.3. The molecule has 5 aliphatic rings. The smallest absolute Gasteiger partial charge is 0.312 e. The van der Waals surface area contributed by atoms with Crippen molar-refractivity contribution in [2.75, 3.05) is 0 Å². The lowest BCUT2D eigenvalue weighted by Crippen LogP contribution is -2.71. The second-order valence-electron chi connectivity index (χ2n) is 12.3. The number of alkyl halides is 2. The molecule has 0 amide bonds. The summed E-state index contributed by atoms with van der Waals surface area (Å²) in [6, 6.07) is 0. The maximum absolute atomic E-state index is 17.3. The monoisotopic (exact) mass is 508 g/mol. The normalized spacial score (nSPS) is 49.7. The summed E-state index contributed by atoms with van der Waals surface area (Å²) in [5.41, 5.74) is -7.02. The van der Waals surface area contributed by atoms with Crippen LogP contribution in [-0.2, 0) is 14.3 Å². The first-order valence-corrected chi connectivity index (χ1v) is 13.0. The molecule has 9 atom stereocenters. The first kappa shape index (κ1) is 25.0. The summed E-state index contributed by atoms with van der Waals surface area (Å²) < 4.78 is 39.1. The number of esters is 1. The predicted octanol–water partition coefficient (Wildman–Crippen LogP) is 4.91. The van der Waals surface area contributed by atoms with E-state index >= 15 is 8.78 Å². The van der Waals surface area contributed by atoms with E-state index in [-0.39, 0.29) is 18.4 Å². The molecule has 0 aromatic carbocycles. The highest BCUT2D eigenvalue weighted by molar-refractivity contribution is 7.80. The van der Waals surface area contributed by atoms with Gasteiger partial charge in [0.05, 0.1) is 11.5 Å². The van der Waals surface area contributed by atoms with E-state index in [1.807, 2.05) is 13.8 Å². The average Bonchev–Trinajstić information content (AvgIpc) is 2.97. The molecule has 0 aromatic heterocycles. The van der Waals surface area contributed by atoms with Crippen molar-refractivity contribution in [3.8, 4) is 0 Å². The third-order valence-corrected chi connectivity index (χ3v) is 11.0. The van der Waals surface area contributed by atoms with Gasteiger partial charge in [-0.1, -0.05) is 26.3 Å². The van der Waals surface area contributed by atoms with Crippen LogP contribution in [0, 0.1) is 34.0 Å². The van der Waals surface area contributed by atoms with E-state index in [1.54, 1.807) is 13.8 Å². The Bertz CT molecular complexity index is 1070. The van der Waals surface area contributed by atoms with E-state index < -0.39 is 74.3 Å². The van der Waals surface area contributed by atoms with Gasteiger partial charge in [0.25, 0.3) is 0 Å². The van der Waals surface area contributed by atoms with Crippen molar-refractivity contribution in [2.24, 2.45) is 34.0 Å². The van der Waals surface area contributed by atoms with Crippen LogP contribution in [-0.4, -0.2) is 50.6 Å². The zero-order valence-corrected chi connectivity index (χ0v) is 21.5. The summed E-state index contributed by atoms with van der Waals surface area (Å²) in [5.74, 6) is -2.74. The van der Waals surface area contributed by atoms with Gasteiger partial charge in [0.1, 0.15) is 6.17 Å². The number of ketones is 1. The summed E-state index contributed by atoms with van der Waals surface area (Å²) in [5, 5.41) is 21.9. The molecular formula is C27H34F2O5S. The molecule has 0 bridgehead atoms. The molecular weight excluding hydrogens is 474 g/mol. The second kappa shape index (κ2) is 7.44. The van der Waals surface area contributed by atoms with Gasteiger partial charge in [0, 0.05) is 22.7 Å². The summed E-state index contributed by atoms with van der Waals surface area (Å²) in [7, 11) is 0. The Labute approximate surface area is 210 Å². The molecule has 0 aliphatic heterocycles. The summed E-state index contributed by atoms with van der Waals surface area (Å²) in [4.78, 5) is 25.3. The predicted molar refractivity (Wildman–Crippen MR) is 129 cm³/mol. The van der Waals surface area contributed by atoms with Gasteiger partial charge < -0.3 is 14.9 Å². The average molecular weight is 509 g/mol. The molecule has 5 aliphatic carbocycles. The fourth-order valence-electron chi connectivity index (χ4n) is 8.42. The van der Waals surface area contributed by atoms with Gasteiger partial charge in [-0.2, -0.15) is 0 Å². The van der Waals surface area contributed by atoms with Crippen LogP contribution in [0.2, 0.25) is 0 Å². The molecule has 0 heterocycles. The van der Waals surface area contributed by atoms with Crippen molar-refractivity contribution in [1.29, 1.82) is 0 Å². The highest BCUT2D eigenvalue weighted by atomic mass is 32.1. The number of hydrogen-bond acceptors (Lipinski definition) is 5. The number of fused-ring (bicyclic) bond motifs is 5. The number of aliphatic hydroxyl groups is 2. The number of thiocarbonyl (C=S) groups is 1. The minimum Gasteiger partial charge on any atom is -0.499 e. The molecule has 0 spiro atoms. The molecule has 4 saturated carbocycles. The fourth-order valence-corrected chi connectivity index (χ4v) is 8.90. The lowest BCUT2D eigenvalue weighted by Gasteiger charge is -2.63. The van der Waals surface area contributed by atoms with Crippen LogP contribution < -0.4 is 0 Å². The SMILES string of the molecule is C[C@@H]1C[C@H]2[C@@H]3C[C@H](F)C4=CC(=O)C=C[C@]4(C)[C@@]3(F)[C@@H](O)C[C@]2(C)[C@@]1(OC(=O)C1(C)CCC1)C(O)=S. The van der Waals surface area contributed by atoms with Gasteiger partial charge in [-0.3, -0.25) is 9.59 Å². The Morgan fingerprint density at radius 2 is 1.86 bits per heavy atom. The van der Waals surface area contributed by atoms with Gasteiger partial charge in [-0.05, 0) is 81.8 Å². The highest BCUT2D eigenvalue weighted by Gasteiger charge is 2.78. The van der Waals surface area contributed by atoms with Crippen LogP contribution in [0.1, 0.15) is 66.2 Å². The number of halogens is 2. The van der Waals surface area contributed by atoms with Crippen molar-refractivity contribution in [2.45, 2.75) is 89.8 Å². The number of hydrogen-bond donors (Lipinski definition) is 2. The molecule has 192 valence electrons. The standard InChI is InChI=1S/C27H34F2O5S/c1-14-10-16-17-12-19(28)18-11-15(30)6-9-24(18,3)26(17,29)20(31)13-25(16,4)27(14,22(33)35)34-21(32)23(2)7-5-8-23/h6,9,11,14,16-17,19-20,31H,5,7-8,10,12-13H2,1-4H3,(H,33,35)/t14-,16+,17+,19+,20+,24+,25+,26+,27+/m1/s1. The quantitative estimate of drug-likeness (QED) is 0.416. The van der Waals surface area contributed by atoms with E-state index in [4.69, 9.17) is 17.0 Å². The minimum absolute atomic E-state index is 0.0609. The Morgan fingerprint density at radius 3 is 2.43 bits per heavy atom. The Morgan fingerprint density at radius 1 is 1.20 bits per heavy atom. The Balaban J connectivity index is 1.61. The Hall–Kier alpha value is -1.67. The summed E-state index contributed by atoms with van der Waals surface area (Å²) in [6.07, 6.45) is 2.98. The number of aliphatic hydroxyl groups excluding tert-OH is 2. The molecule has 0 saturated heterocycles. The molecule has 0 aromatic rings. The largest absolute Gasteiger partial charge is 0.499 e. The van der Waals surface area contributed by atoms with Crippen LogP contribution in [0.4, 0.5) is 8.78 Å². The second-order valence-corrected chi connectivity index (χ2v) is 12.7. The molecule has 5 rings (SSSR count). The molecule has 4 fully saturated rings. The van der Waals surface area contributed by atoms with Crippen molar-refractivity contribution in [3.63, 3.8) is 0 Å². The van der Waals surface area contributed by atoms with Crippen molar-refractivity contribution in [3.05, 3.63) is 23.8 Å². The van der Waals surface area contributed by atoms with Crippen LogP contribution >= 0.6 is 12.2 Å². The first-order valence-electron chi connectivity index (χ1n) is 12.6. The van der Waals surface area contributed by atoms with Crippen LogP contribution in [0.5, 0.6) is 0 Å². The fraction of sp³-hybridized carbons (Fsp3) is 0.741. The van der Waals surface area contributed by atoms with Crippen LogP contribution in [0.3, 0.4) is 0 Å². The van der Waals surface area contributed by atoms with Crippen molar-refractivity contribution >= 4 is 29.0 Å². The van der Waals surface area contributed by atoms with E-state index in [2.05, 4.69) is 0 Å². The van der Waals surface area contributed by atoms with E-state index in [0.29, 0.717) is 19.3 Å². The first-order chi connectivity index (χ1) is 16.2. The van der Waals surface area contributed by atoms with Gasteiger partial charge >= 0.3 is 5.97 Å². The minimum atomic E-state index is -2.24. The molecule has 0 radical (unpaired) electrons. The van der Waals surface area contributed by atoms with Gasteiger partial charge in [0.15, 0.2) is 17.1 Å². The van der Waals surface area contributed by atoms with Crippen molar-refractivity contribution in [1.82, 2.24) is 0 Å². The topological polar surface area (TPSA) is 83.8 Å². The molecule has 2 N–H and O–H groups in total. The number of rotatable bonds is 3. The maximum Gasteiger partial charge on any atom is 0.312 e. The van der Waals surface area contributed by atoms with Gasteiger partial charge in [0.2, 0.25) is 5.05 Å². The molecule has 0 unspecified atom stereocenters. The molecule has 35 heavy (non-hydrogen) atoms. The van der Waals surface area contributed by atoms with Gasteiger partial charge in [-0.15, -0.1) is 0 Å². The third kappa shape index (κ3) is 2.84. The zero-order chi connectivity index (χ0) is 25.8. The summed E-state index contributed by atoms with van der Waals surface area (Å²) in [6.45, 7) is 6.97. The van der Waals surface area contributed by atoms with E-state index in [9.17, 15) is 19.8 Å². The number of allylic oxidation sites excluding steroid dienone is 4. The highest BCUT2D eigenvalue weighted by Crippen LogP contribution is 2.72. The lowest BCUT2D eigenvalue weighted by atomic mass is 9.44. The summed E-state index contributed by atoms with van der Waals surface area (Å²) >= 11 is 5.32. The number of ether oxygens (including phenoxy) is 1. The zero-order valence-electron chi connectivity index (χ0n) is 20.6.